The van der Waals surface area contributed by atoms with Crippen molar-refractivity contribution in [1.29, 1.82) is 0 Å². The monoisotopic (exact) mass is 408 g/mol. The van der Waals surface area contributed by atoms with Gasteiger partial charge in [0, 0.05) is 24.3 Å². The third-order valence-electron chi connectivity index (χ3n) is 5.09. The summed E-state index contributed by atoms with van der Waals surface area (Å²) in [6, 6.07) is 17.7. The van der Waals surface area contributed by atoms with Gasteiger partial charge in [-0.15, -0.1) is 10.2 Å². The lowest BCUT2D eigenvalue weighted by molar-refractivity contribution is -0.119. The van der Waals surface area contributed by atoms with Gasteiger partial charge in [0.15, 0.2) is 11.0 Å². The van der Waals surface area contributed by atoms with Crippen molar-refractivity contribution in [2.75, 3.05) is 18.6 Å². The van der Waals surface area contributed by atoms with Gasteiger partial charge >= 0.3 is 0 Å². The van der Waals surface area contributed by atoms with Crippen LogP contribution >= 0.6 is 11.8 Å². The van der Waals surface area contributed by atoms with Crippen molar-refractivity contribution in [2.45, 2.75) is 36.7 Å². The highest BCUT2D eigenvalue weighted by Crippen LogP contribution is 2.33. The average Bonchev–Trinajstić information content (AvgIpc) is 3.18. The van der Waals surface area contributed by atoms with Gasteiger partial charge in [-0.2, -0.15) is 0 Å². The minimum atomic E-state index is -0.151. The van der Waals surface area contributed by atoms with Crippen LogP contribution in [0, 0.1) is 0 Å². The van der Waals surface area contributed by atoms with Gasteiger partial charge < -0.3 is 14.2 Å². The van der Waals surface area contributed by atoms with Crippen LogP contribution in [0.15, 0.2) is 59.8 Å². The Bertz CT molecular complexity index is 972. The van der Waals surface area contributed by atoms with Crippen LogP contribution in [0.2, 0.25) is 0 Å². The highest BCUT2D eigenvalue weighted by Gasteiger charge is 2.32. The van der Waals surface area contributed by atoms with Gasteiger partial charge in [0.05, 0.1) is 12.4 Å². The van der Waals surface area contributed by atoms with Crippen molar-refractivity contribution < 1.29 is 9.53 Å². The number of hydrogen-bond donors (Lipinski definition) is 0. The van der Waals surface area contributed by atoms with E-state index in [1.807, 2.05) is 59.5 Å². The van der Waals surface area contributed by atoms with Gasteiger partial charge in [0.1, 0.15) is 5.75 Å². The Hall–Kier alpha value is -2.80. The molecule has 1 fully saturated rings. The summed E-state index contributed by atoms with van der Waals surface area (Å²) in [5, 5.41) is 9.45. The molecule has 1 saturated heterocycles. The number of aromatic nitrogens is 3. The number of ether oxygens (including phenoxy) is 1. The molecule has 2 aromatic carbocycles. The van der Waals surface area contributed by atoms with E-state index in [-0.39, 0.29) is 11.2 Å². The second-order valence-corrected chi connectivity index (χ2v) is 8.02. The van der Waals surface area contributed by atoms with E-state index in [0.717, 1.165) is 53.9 Å². The lowest BCUT2D eigenvalue weighted by Crippen LogP contribution is -2.43. The van der Waals surface area contributed by atoms with Crippen LogP contribution in [0.3, 0.4) is 0 Å². The molecular weight excluding hydrogens is 384 g/mol. The molecule has 4 rings (SSSR count). The first kappa shape index (κ1) is 19.5. The van der Waals surface area contributed by atoms with Crippen molar-refractivity contribution in [1.82, 2.24) is 14.8 Å². The number of piperidine rings is 1. The van der Waals surface area contributed by atoms with E-state index in [9.17, 15) is 4.79 Å². The van der Waals surface area contributed by atoms with E-state index in [1.54, 1.807) is 7.11 Å². The molecular formula is C22H24N4O2S. The molecule has 0 bridgehead atoms. The van der Waals surface area contributed by atoms with Crippen LogP contribution in [-0.2, 0) is 11.3 Å². The fourth-order valence-corrected chi connectivity index (χ4v) is 4.76. The summed E-state index contributed by atoms with van der Waals surface area (Å²) in [4.78, 5) is 15.0. The third-order valence-corrected chi connectivity index (χ3v) is 6.32. The molecule has 1 aliphatic rings. The summed E-state index contributed by atoms with van der Waals surface area (Å²) >= 11 is 1.52. The highest BCUT2D eigenvalue weighted by molar-refractivity contribution is 8.00. The van der Waals surface area contributed by atoms with Crippen molar-refractivity contribution in [3.63, 3.8) is 0 Å². The van der Waals surface area contributed by atoms with Gasteiger partial charge in [-0.3, -0.25) is 4.79 Å². The van der Waals surface area contributed by atoms with E-state index < -0.39 is 0 Å². The third kappa shape index (κ3) is 4.00. The fourth-order valence-electron chi connectivity index (χ4n) is 3.56. The molecule has 29 heavy (non-hydrogen) atoms. The smallest absolute Gasteiger partial charge is 0.240 e. The topological polar surface area (TPSA) is 60.2 Å². The standard InChI is InChI=1S/C22H24N4O2S/c1-3-25-20(16-11-13-18(28-2)14-12-16)23-24-22(25)29-19-10-7-15-26(21(19)27)17-8-5-4-6-9-17/h4-6,8-9,11-14,19H,3,7,10,15H2,1-2H3. The van der Waals surface area contributed by atoms with Crippen molar-refractivity contribution in [3.8, 4) is 17.1 Å². The number of benzene rings is 2. The number of thioether (sulfide) groups is 1. The van der Waals surface area contributed by atoms with Crippen molar-refractivity contribution >= 4 is 23.4 Å². The van der Waals surface area contributed by atoms with Crippen molar-refractivity contribution in [3.05, 3.63) is 54.6 Å². The lowest BCUT2D eigenvalue weighted by Gasteiger charge is -2.31. The lowest BCUT2D eigenvalue weighted by atomic mass is 10.1. The molecule has 1 atom stereocenters. The molecule has 0 spiro atoms. The maximum absolute atomic E-state index is 13.1. The van der Waals surface area contributed by atoms with Gasteiger partial charge in [-0.25, -0.2) is 0 Å². The molecule has 2 heterocycles. The van der Waals surface area contributed by atoms with Gasteiger partial charge in [-0.05, 0) is 56.2 Å². The second kappa shape index (κ2) is 8.69. The number of hydrogen-bond acceptors (Lipinski definition) is 5. The number of carbonyl (C=O) groups is 1. The highest BCUT2D eigenvalue weighted by atomic mass is 32.2. The first-order chi connectivity index (χ1) is 14.2. The van der Waals surface area contributed by atoms with E-state index in [1.165, 1.54) is 11.8 Å². The molecule has 0 aliphatic carbocycles. The van der Waals surface area contributed by atoms with Gasteiger partial charge in [-0.1, -0.05) is 30.0 Å². The molecule has 1 amide bonds. The number of amides is 1. The molecule has 0 radical (unpaired) electrons. The number of rotatable bonds is 6. The predicted molar refractivity (Wildman–Crippen MR) is 115 cm³/mol. The summed E-state index contributed by atoms with van der Waals surface area (Å²) in [7, 11) is 1.65. The minimum Gasteiger partial charge on any atom is -0.497 e. The maximum Gasteiger partial charge on any atom is 0.240 e. The molecule has 0 saturated carbocycles. The Morgan fingerprint density at radius 1 is 1.10 bits per heavy atom. The van der Waals surface area contributed by atoms with Crippen molar-refractivity contribution in [2.24, 2.45) is 0 Å². The number of nitrogens with zero attached hydrogens (tertiary/aromatic N) is 4. The Labute approximate surface area is 174 Å². The Kier molecular flexibility index (Phi) is 5.85. The SMILES string of the molecule is CCn1c(SC2CCCN(c3ccccc3)C2=O)nnc1-c1ccc(OC)cc1. The molecule has 1 unspecified atom stereocenters. The number of anilines is 1. The van der Waals surface area contributed by atoms with E-state index in [0.29, 0.717) is 0 Å². The molecule has 150 valence electrons. The zero-order chi connectivity index (χ0) is 20.2. The summed E-state index contributed by atoms with van der Waals surface area (Å²) in [6.07, 6.45) is 1.82. The average molecular weight is 409 g/mol. The minimum absolute atomic E-state index is 0.143. The predicted octanol–water partition coefficient (Wildman–Crippen LogP) is 4.26. The van der Waals surface area contributed by atoms with Gasteiger partial charge in [0.2, 0.25) is 5.91 Å². The van der Waals surface area contributed by atoms with E-state index in [4.69, 9.17) is 4.74 Å². The molecule has 1 aliphatic heterocycles. The second-order valence-electron chi connectivity index (χ2n) is 6.85. The fraction of sp³-hybridized carbons (Fsp3) is 0.318. The van der Waals surface area contributed by atoms with Crippen LogP contribution < -0.4 is 9.64 Å². The summed E-state index contributed by atoms with van der Waals surface area (Å²) in [6.45, 7) is 3.57. The van der Waals surface area contributed by atoms with Crippen LogP contribution in [-0.4, -0.2) is 39.6 Å². The van der Waals surface area contributed by atoms with Gasteiger partial charge in [0.25, 0.3) is 0 Å². The largest absolute Gasteiger partial charge is 0.497 e. The Morgan fingerprint density at radius 2 is 1.86 bits per heavy atom. The number of carbonyl (C=O) groups excluding carboxylic acids is 1. The molecule has 1 aromatic heterocycles. The van der Waals surface area contributed by atoms with E-state index in [2.05, 4.69) is 21.7 Å². The summed E-state index contributed by atoms with van der Waals surface area (Å²) in [5.41, 5.74) is 1.94. The van der Waals surface area contributed by atoms with Crippen LogP contribution in [0.4, 0.5) is 5.69 Å². The maximum atomic E-state index is 13.1. The van der Waals surface area contributed by atoms with E-state index >= 15 is 0 Å². The van der Waals surface area contributed by atoms with Crippen LogP contribution in [0.25, 0.3) is 11.4 Å². The first-order valence-electron chi connectivity index (χ1n) is 9.82. The Morgan fingerprint density at radius 3 is 2.55 bits per heavy atom. The van der Waals surface area contributed by atoms with Crippen LogP contribution in [0.5, 0.6) is 5.75 Å². The number of para-hydroxylation sites is 1. The molecule has 7 heteroatoms. The summed E-state index contributed by atoms with van der Waals surface area (Å²) in [5.74, 6) is 1.75. The normalized spacial score (nSPS) is 16.8. The quantitative estimate of drug-likeness (QED) is 0.610. The molecule has 0 N–H and O–H groups in total. The molecule has 6 nitrogen and oxygen atoms in total. The first-order valence-corrected chi connectivity index (χ1v) is 10.7. The summed E-state index contributed by atoms with van der Waals surface area (Å²) < 4.78 is 7.31. The zero-order valence-electron chi connectivity index (χ0n) is 16.6. The zero-order valence-corrected chi connectivity index (χ0v) is 17.4. The number of methoxy groups -OCH3 is 1. The molecule has 3 aromatic rings. The Balaban J connectivity index is 1.56. The van der Waals surface area contributed by atoms with Crippen LogP contribution in [0.1, 0.15) is 19.8 Å².